The van der Waals surface area contributed by atoms with Crippen LogP contribution < -0.4 is 10.6 Å². The van der Waals surface area contributed by atoms with Crippen molar-refractivity contribution in [3.63, 3.8) is 0 Å². The maximum atomic E-state index is 13.4. The Morgan fingerprint density at radius 1 is 1.25 bits per heavy atom. The van der Waals surface area contributed by atoms with Crippen LogP contribution in [0.1, 0.15) is 44.2 Å². The minimum atomic E-state index is -0.278. The fraction of sp³-hybridized carbons (Fsp3) is 0.452. The first-order valence-electron chi connectivity index (χ1n) is 14.2. The van der Waals surface area contributed by atoms with Crippen LogP contribution in [0.2, 0.25) is 0 Å². The number of piperazine rings is 1. The van der Waals surface area contributed by atoms with Gasteiger partial charge in [0.05, 0.1) is 12.6 Å². The van der Waals surface area contributed by atoms with Gasteiger partial charge in [-0.1, -0.05) is 18.6 Å². The van der Waals surface area contributed by atoms with Crippen LogP contribution in [0, 0.1) is 22.6 Å². The number of nitrogens with one attached hydrogen (secondary N) is 3. The molecule has 5 rings (SSSR count). The van der Waals surface area contributed by atoms with Crippen LogP contribution in [0.3, 0.4) is 0 Å². The third-order valence-electron chi connectivity index (χ3n) is 8.90. The van der Waals surface area contributed by atoms with Gasteiger partial charge in [0.1, 0.15) is 5.82 Å². The van der Waals surface area contributed by atoms with E-state index in [0.29, 0.717) is 25.6 Å². The van der Waals surface area contributed by atoms with Gasteiger partial charge < -0.3 is 26.0 Å². The van der Waals surface area contributed by atoms with Crippen molar-refractivity contribution < 1.29 is 14.3 Å². The fourth-order valence-corrected chi connectivity index (χ4v) is 6.46. The average molecular weight is 547 g/mol. The number of pyridine rings is 1. The summed E-state index contributed by atoms with van der Waals surface area (Å²) in [5, 5.41) is 24.1. The standard InChI is InChI=1S/C31H39FN6O2/c1-31-19-23(20-33)29(35-27-8-6-26(32)7-9-27)18-25(31)5-4-24(31)17-28(22-3-2-10-34-21-22)36-30(40)38-13-11-37(12-14-38)15-16-39/h2-3,6-10,18,20-21,24,28,33,35,39H,4-5,11-17,19H2,1H3,(H,36,40)/t24-,28?,31-/m1/s1. The van der Waals surface area contributed by atoms with Crippen molar-refractivity contribution in [1.29, 1.82) is 5.41 Å². The molecule has 1 saturated carbocycles. The summed E-state index contributed by atoms with van der Waals surface area (Å²) in [7, 11) is 0. The van der Waals surface area contributed by atoms with Crippen molar-refractivity contribution in [3.8, 4) is 0 Å². The van der Waals surface area contributed by atoms with Gasteiger partial charge in [0.15, 0.2) is 0 Å². The largest absolute Gasteiger partial charge is 0.395 e. The highest BCUT2D eigenvalue weighted by atomic mass is 19.1. The van der Waals surface area contributed by atoms with Crippen LogP contribution in [-0.4, -0.2) is 71.5 Å². The highest BCUT2D eigenvalue weighted by Gasteiger charge is 2.46. The number of aliphatic hydroxyl groups excluding tert-OH is 1. The molecule has 212 valence electrons. The van der Waals surface area contributed by atoms with Gasteiger partial charge in [-0.25, -0.2) is 9.18 Å². The normalized spacial score (nSPS) is 23.8. The predicted octanol–water partition coefficient (Wildman–Crippen LogP) is 4.73. The number of urea groups is 1. The van der Waals surface area contributed by atoms with Gasteiger partial charge in [0, 0.05) is 62.7 Å². The number of aromatic nitrogens is 1. The lowest BCUT2D eigenvalue weighted by molar-refractivity contribution is 0.119. The predicted molar refractivity (Wildman–Crippen MR) is 155 cm³/mol. The SMILES string of the molecule is C[C@]12CC(C=N)=C(Nc3ccc(F)cc3)C=C1CC[C@@H]2CC(NC(=O)N1CCN(CCO)CC1)c1cccnc1. The first kappa shape index (κ1) is 28.0. The molecule has 2 amide bonds. The number of aliphatic hydroxyl groups is 1. The van der Waals surface area contributed by atoms with Crippen molar-refractivity contribution in [2.24, 2.45) is 11.3 Å². The molecule has 3 atom stereocenters. The molecular weight excluding hydrogens is 507 g/mol. The molecule has 0 bridgehead atoms. The molecule has 0 spiro atoms. The number of allylic oxidation sites excluding steroid dienone is 3. The van der Waals surface area contributed by atoms with Crippen LogP contribution in [0.25, 0.3) is 0 Å². The highest BCUT2D eigenvalue weighted by Crippen LogP contribution is 2.56. The van der Waals surface area contributed by atoms with Gasteiger partial charge in [-0.05, 0) is 84.6 Å². The van der Waals surface area contributed by atoms with Crippen LogP contribution in [-0.2, 0) is 0 Å². The first-order chi connectivity index (χ1) is 19.4. The van der Waals surface area contributed by atoms with Gasteiger partial charge in [-0.2, -0.15) is 0 Å². The molecule has 2 aliphatic carbocycles. The summed E-state index contributed by atoms with van der Waals surface area (Å²) >= 11 is 0. The Hall–Kier alpha value is -3.56. The van der Waals surface area contributed by atoms with Crippen molar-refractivity contribution in [2.45, 2.75) is 38.6 Å². The van der Waals surface area contributed by atoms with Crippen molar-refractivity contribution >= 4 is 17.9 Å². The second kappa shape index (κ2) is 12.3. The molecule has 1 aromatic carbocycles. The van der Waals surface area contributed by atoms with Gasteiger partial charge in [0.25, 0.3) is 0 Å². The third-order valence-corrected chi connectivity index (χ3v) is 8.90. The Morgan fingerprint density at radius 2 is 2.02 bits per heavy atom. The monoisotopic (exact) mass is 546 g/mol. The van der Waals surface area contributed by atoms with Crippen molar-refractivity contribution in [3.05, 3.63) is 83.1 Å². The molecule has 1 aliphatic heterocycles. The van der Waals surface area contributed by atoms with E-state index in [-0.39, 0.29) is 29.9 Å². The van der Waals surface area contributed by atoms with Crippen LogP contribution in [0.5, 0.6) is 0 Å². The van der Waals surface area contributed by atoms with E-state index in [1.165, 1.54) is 23.9 Å². The lowest BCUT2D eigenvalue weighted by Gasteiger charge is -2.39. The molecular formula is C31H39FN6O2. The summed E-state index contributed by atoms with van der Waals surface area (Å²) in [5.41, 5.74) is 4.83. The Balaban J connectivity index is 1.31. The molecule has 40 heavy (non-hydrogen) atoms. The van der Waals surface area contributed by atoms with Gasteiger partial charge in [0.2, 0.25) is 0 Å². The molecule has 1 aromatic heterocycles. The molecule has 0 radical (unpaired) electrons. The minimum absolute atomic E-state index is 0.0640. The van der Waals surface area contributed by atoms with E-state index < -0.39 is 0 Å². The number of fused-ring (bicyclic) bond motifs is 1. The van der Waals surface area contributed by atoms with E-state index in [9.17, 15) is 14.3 Å². The summed E-state index contributed by atoms with van der Waals surface area (Å²) in [6.07, 6.45) is 10.7. The number of benzene rings is 1. The second-order valence-corrected chi connectivity index (χ2v) is 11.3. The number of nitrogens with zero attached hydrogens (tertiary/aromatic N) is 3. The van der Waals surface area contributed by atoms with E-state index in [1.807, 2.05) is 23.2 Å². The van der Waals surface area contributed by atoms with Crippen LogP contribution in [0.15, 0.2) is 71.7 Å². The summed E-state index contributed by atoms with van der Waals surface area (Å²) in [5.74, 6) is 0.0345. The molecule has 9 heteroatoms. The smallest absolute Gasteiger partial charge is 0.317 e. The van der Waals surface area contributed by atoms with Gasteiger partial charge in [-0.15, -0.1) is 0 Å². The van der Waals surface area contributed by atoms with E-state index in [4.69, 9.17) is 5.41 Å². The Kier molecular flexibility index (Phi) is 8.61. The maximum Gasteiger partial charge on any atom is 0.317 e. The minimum Gasteiger partial charge on any atom is -0.395 e. The number of amides is 2. The zero-order valence-electron chi connectivity index (χ0n) is 23.1. The average Bonchev–Trinajstić information content (AvgIpc) is 3.29. The fourth-order valence-electron chi connectivity index (χ4n) is 6.46. The van der Waals surface area contributed by atoms with E-state index in [1.54, 1.807) is 18.3 Å². The Morgan fingerprint density at radius 3 is 2.70 bits per heavy atom. The number of halogens is 1. The lowest BCUT2D eigenvalue weighted by atomic mass is 9.67. The van der Waals surface area contributed by atoms with Crippen molar-refractivity contribution in [1.82, 2.24) is 20.1 Å². The summed E-state index contributed by atoms with van der Waals surface area (Å²) < 4.78 is 13.4. The molecule has 2 fully saturated rings. The van der Waals surface area contributed by atoms with Crippen molar-refractivity contribution in [2.75, 3.05) is 44.6 Å². The van der Waals surface area contributed by atoms with Gasteiger partial charge in [-0.3, -0.25) is 9.88 Å². The Labute approximate surface area is 235 Å². The molecule has 2 heterocycles. The Bertz CT molecular complexity index is 1260. The first-order valence-corrected chi connectivity index (χ1v) is 14.2. The highest BCUT2D eigenvalue weighted by molar-refractivity contribution is 5.81. The zero-order valence-corrected chi connectivity index (χ0v) is 23.1. The summed E-state index contributed by atoms with van der Waals surface area (Å²) in [6, 6.07) is 9.98. The number of carbonyl (C=O) groups is 1. The quantitative estimate of drug-likeness (QED) is 0.341. The lowest BCUT2D eigenvalue weighted by Crippen LogP contribution is -2.52. The molecule has 2 aromatic rings. The van der Waals surface area contributed by atoms with E-state index in [0.717, 1.165) is 61.3 Å². The number of rotatable bonds is 9. The van der Waals surface area contributed by atoms with Gasteiger partial charge >= 0.3 is 6.03 Å². The molecule has 3 aliphatic rings. The molecule has 8 nitrogen and oxygen atoms in total. The number of β-amino-alcohol motifs (C(OH)–C–C–N with tert-alkyl or cyclic N) is 1. The van der Waals surface area contributed by atoms with Crippen LogP contribution >= 0.6 is 0 Å². The topological polar surface area (TPSA) is 105 Å². The molecule has 4 N–H and O–H groups in total. The summed E-state index contributed by atoms with van der Waals surface area (Å²) in [4.78, 5) is 21.7. The van der Waals surface area contributed by atoms with E-state index >= 15 is 0 Å². The second-order valence-electron chi connectivity index (χ2n) is 11.3. The van der Waals surface area contributed by atoms with Crippen LogP contribution in [0.4, 0.5) is 14.9 Å². The zero-order chi connectivity index (χ0) is 28.1. The number of carbonyl (C=O) groups excluding carboxylic acids is 1. The third kappa shape index (κ3) is 6.10. The van der Waals surface area contributed by atoms with E-state index in [2.05, 4.69) is 33.5 Å². The number of hydrogen-bond acceptors (Lipinski definition) is 6. The molecule has 1 saturated heterocycles. The number of hydrogen-bond donors (Lipinski definition) is 4. The maximum absolute atomic E-state index is 13.4. The number of anilines is 1. The molecule has 1 unspecified atom stereocenters. The summed E-state index contributed by atoms with van der Waals surface area (Å²) in [6.45, 7) is 5.84.